The quantitative estimate of drug-likeness (QED) is 0.453. The van der Waals surface area contributed by atoms with Crippen LogP contribution in [-0.4, -0.2) is 37.9 Å². The lowest BCUT2D eigenvalue weighted by Gasteiger charge is -2.43. The summed E-state index contributed by atoms with van der Waals surface area (Å²) in [4.78, 5) is 36.9. The van der Waals surface area contributed by atoms with Crippen LogP contribution in [-0.2, 0) is 20.0 Å². The third-order valence-electron chi connectivity index (χ3n) is 5.76. The van der Waals surface area contributed by atoms with Crippen LogP contribution in [0.25, 0.3) is 5.76 Å². The first kappa shape index (κ1) is 18.0. The van der Waals surface area contributed by atoms with Gasteiger partial charge in [-0.2, -0.15) is 0 Å². The normalized spacial score (nSPS) is 26.9. The van der Waals surface area contributed by atoms with Crippen molar-refractivity contribution in [1.29, 1.82) is 0 Å². The Balaban J connectivity index is 2.00. The van der Waals surface area contributed by atoms with Crippen LogP contribution >= 0.6 is 0 Å². The van der Waals surface area contributed by atoms with Gasteiger partial charge in [0.25, 0.3) is 5.91 Å². The number of primary amides is 1. The Labute approximate surface area is 158 Å². The highest BCUT2D eigenvalue weighted by Gasteiger charge is 2.52. The molecule has 2 atom stereocenters. The Morgan fingerprint density at radius 1 is 1.18 bits per heavy atom. The van der Waals surface area contributed by atoms with E-state index < -0.39 is 46.1 Å². The minimum atomic E-state index is -1.63. The average molecular weight is 383 g/mol. The van der Waals surface area contributed by atoms with Crippen molar-refractivity contribution in [3.8, 4) is 5.75 Å². The van der Waals surface area contributed by atoms with Gasteiger partial charge in [0, 0.05) is 17.9 Å². The number of carbonyl (C=O) groups excluding carboxylic acids is 3. The number of nitrogens with two attached hydrogens (primary N) is 1. The lowest BCUT2D eigenvalue weighted by molar-refractivity contribution is -0.121. The molecule has 0 bridgehead atoms. The average Bonchev–Trinajstić information content (AvgIpc) is 2.58. The van der Waals surface area contributed by atoms with Gasteiger partial charge >= 0.3 is 0 Å². The first-order chi connectivity index (χ1) is 13.1. The summed E-state index contributed by atoms with van der Waals surface area (Å²) in [7, 11) is 0. The molecule has 0 aliphatic heterocycles. The van der Waals surface area contributed by atoms with Gasteiger partial charge in [-0.1, -0.05) is 12.1 Å². The molecule has 8 heteroatoms. The second-order valence-corrected chi connectivity index (χ2v) is 7.36. The van der Waals surface area contributed by atoms with E-state index in [4.69, 9.17) is 5.73 Å². The number of fused-ring (bicyclic) bond motifs is 2. The van der Waals surface area contributed by atoms with E-state index in [0.717, 1.165) is 0 Å². The number of hydrogen-bond acceptors (Lipinski definition) is 7. The molecule has 28 heavy (non-hydrogen) atoms. The molecule has 0 saturated heterocycles. The number of hydrogen-bond donors (Lipinski definition) is 5. The largest absolute Gasteiger partial charge is 0.507 e. The third kappa shape index (κ3) is 2.12. The van der Waals surface area contributed by atoms with Gasteiger partial charge in [-0.3, -0.25) is 14.4 Å². The number of aliphatic hydroxyl groups is 3. The highest BCUT2D eigenvalue weighted by atomic mass is 16.3. The molecule has 144 valence electrons. The second kappa shape index (κ2) is 5.56. The van der Waals surface area contributed by atoms with Crippen LogP contribution in [0.15, 0.2) is 46.3 Å². The number of benzene rings is 1. The first-order valence-electron chi connectivity index (χ1n) is 8.59. The molecule has 1 amide bonds. The number of aromatic hydroxyl groups is 1. The fraction of sp³-hybridized carbons (Fsp3) is 0.250. The van der Waals surface area contributed by atoms with E-state index in [1.54, 1.807) is 0 Å². The van der Waals surface area contributed by atoms with Crippen molar-refractivity contribution < 1.29 is 34.8 Å². The molecule has 4 rings (SSSR count). The zero-order chi connectivity index (χ0) is 20.5. The van der Waals surface area contributed by atoms with Gasteiger partial charge in [-0.05, 0) is 30.5 Å². The maximum Gasteiger partial charge on any atom is 0.256 e. The molecular formula is C20H17NO7. The van der Waals surface area contributed by atoms with Gasteiger partial charge in [0.2, 0.25) is 0 Å². The number of carbonyl (C=O) groups is 3. The zero-order valence-corrected chi connectivity index (χ0v) is 14.8. The van der Waals surface area contributed by atoms with Crippen LogP contribution in [0, 0.1) is 5.92 Å². The number of aliphatic hydroxyl groups excluding tert-OH is 2. The number of ketones is 2. The number of phenolic OH excluding ortho intramolecular Hbond substituents is 1. The van der Waals surface area contributed by atoms with Crippen molar-refractivity contribution in [2.75, 3.05) is 0 Å². The lowest BCUT2D eigenvalue weighted by atomic mass is 9.62. The summed E-state index contributed by atoms with van der Waals surface area (Å²) in [6, 6.07) is 4.35. The van der Waals surface area contributed by atoms with Gasteiger partial charge < -0.3 is 26.2 Å². The Hall–Kier alpha value is -3.39. The Bertz CT molecular complexity index is 1090. The van der Waals surface area contributed by atoms with Crippen molar-refractivity contribution >= 4 is 23.2 Å². The van der Waals surface area contributed by atoms with Crippen LogP contribution in [0.5, 0.6) is 5.75 Å². The predicted molar refractivity (Wildman–Crippen MR) is 95.8 cm³/mol. The molecule has 0 aromatic heterocycles. The third-order valence-corrected chi connectivity index (χ3v) is 5.76. The highest BCUT2D eigenvalue weighted by Crippen LogP contribution is 2.53. The van der Waals surface area contributed by atoms with Gasteiger partial charge in [-0.15, -0.1) is 0 Å². The maximum atomic E-state index is 13.2. The molecule has 6 N–H and O–H groups in total. The second-order valence-electron chi connectivity index (χ2n) is 7.36. The number of amides is 1. The number of rotatable bonds is 1. The first-order valence-corrected chi connectivity index (χ1v) is 8.59. The Morgan fingerprint density at radius 3 is 2.50 bits per heavy atom. The van der Waals surface area contributed by atoms with E-state index in [1.807, 2.05) is 0 Å². The fourth-order valence-corrected chi connectivity index (χ4v) is 4.42. The van der Waals surface area contributed by atoms with Crippen LogP contribution < -0.4 is 5.73 Å². The molecule has 0 spiro atoms. The summed E-state index contributed by atoms with van der Waals surface area (Å²) >= 11 is 0. The van der Waals surface area contributed by atoms with Crippen molar-refractivity contribution in [3.05, 3.63) is 57.4 Å². The van der Waals surface area contributed by atoms with Crippen LogP contribution in [0.1, 0.15) is 30.9 Å². The lowest BCUT2D eigenvalue weighted by Crippen LogP contribution is -2.43. The molecule has 3 aliphatic carbocycles. The SMILES string of the molecule is C[C@@]1(O)c2cccc(O)c2C(O)=C2C(=O)C3=C(CC(=O)C(C(N)=O)=C3O)C[C@@H]21. The Morgan fingerprint density at radius 2 is 1.86 bits per heavy atom. The summed E-state index contributed by atoms with van der Waals surface area (Å²) < 4.78 is 0. The smallest absolute Gasteiger partial charge is 0.256 e. The van der Waals surface area contributed by atoms with E-state index in [1.165, 1.54) is 25.1 Å². The van der Waals surface area contributed by atoms with Crippen molar-refractivity contribution in [2.45, 2.75) is 25.4 Å². The van der Waals surface area contributed by atoms with Crippen molar-refractivity contribution in [1.82, 2.24) is 0 Å². The molecule has 0 radical (unpaired) electrons. The topological polar surface area (TPSA) is 158 Å². The van der Waals surface area contributed by atoms with E-state index in [2.05, 4.69) is 0 Å². The van der Waals surface area contributed by atoms with Gasteiger partial charge in [0.1, 0.15) is 22.8 Å². The molecule has 8 nitrogen and oxygen atoms in total. The van der Waals surface area contributed by atoms with Crippen molar-refractivity contribution in [3.63, 3.8) is 0 Å². The molecule has 0 unspecified atom stereocenters. The van der Waals surface area contributed by atoms with E-state index in [0.29, 0.717) is 0 Å². The molecule has 1 aromatic carbocycles. The van der Waals surface area contributed by atoms with Crippen LogP contribution in [0.2, 0.25) is 0 Å². The monoisotopic (exact) mass is 383 g/mol. The molecule has 0 heterocycles. The Kier molecular flexibility index (Phi) is 3.57. The number of Topliss-reactive ketones (excluding diaryl/α,β-unsaturated/α-hetero) is 2. The predicted octanol–water partition coefficient (Wildman–Crippen LogP) is 1.04. The van der Waals surface area contributed by atoms with Crippen LogP contribution in [0.4, 0.5) is 0 Å². The van der Waals surface area contributed by atoms with E-state index in [-0.39, 0.29) is 46.4 Å². The number of allylic oxidation sites excluding steroid dienone is 2. The molecule has 0 fully saturated rings. The molecule has 1 aromatic rings. The fourth-order valence-electron chi connectivity index (χ4n) is 4.42. The highest BCUT2D eigenvalue weighted by molar-refractivity contribution is 6.26. The van der Waals surface area contributed by atoms with E-state index in [9.17, 15) is 34.8 Å². The summed E-state index contributed by atoms with van der Waals surface area (Å²) in [6.07, 6.45) is -0.290. The van der Waals surface area contributed by atoms with Crippen LogP contribution in [0.3, 0.4) is 0 Å². The van der Waals surface area contributed by atoms with Gasteiger partial charge in [0.05, 0.1) is 16.7 Å². The standard InChI is InChI=1S/C20H17NO7/c1-20(28)8-3-2-4-10(22)13(8)18(26)14-9(20)5-7-6-11(23)15(19(21)27)17(25)12(7)16(14)24/h2-4,9,22,25-26,28H,5-6H2,1H3,(H2,21,27)/t9-,20+/m0/s1. The van der Waals surface area contributed by atoms with E-state index >= 15 is 0 Å². The van der Waals surface area contributed by atoms with Gasteiger partial charge in [-0.25, -0.2) is 0 Å². The molecular weight excluding hydrogens is 366 g/mol. The number of phenols is 1. The maximum absolute atomic E-state index is 13.2. The van der Waals surface area contributed by atoms with Gasteiger partial charge in [0.15, 0.2) is 11.6 Å². The van der Waals surface area contributed by atoms with Crippen molar-refractivity contribution in [2.24, 2.45) is 11.7 Å². The summed E-state index contributed by atoms with van der Waals surface area (Å²) in [5.74, 6) is -5.21. The minimum Gasteiger partial charge on any atom is -0.507 e. The summed E-state index contributed by atoms with van der Waals surface area (Å²) in [6.45, 7) is 1.45. The molecule has 0 saturated carbocycles. The molecule has 3 aliphatic rings. The minimum absolute atomic E-state index is 0.00437. The summed E-state index contributed by atoms with van der Waals surface area (Å²) in [5.41, 5.74) is 2.86. The summed E-state index contributed by atoms with van der Waals surface area (Å²) in [5, 5.41) is 42.5. The zero-order valence-electron chi connectivity index (χ0n) is 14.8.